The zero-order valence-electron chi connectivity index (χ0n) is 20.0. The quantitative estimate of drug-likeness (QED) is 0.495. The molecule has 0 aromatic heterocycles. The summed E-state index contributed by atoms with van der Waals surface area (Å²) in [5.74, 6) is -0.843. The molecular formula is C24H31Cl2N3O4S. The average Bonchev–Trinajstić information content (AvgIpc) is 2.74. The first kappa shape index (κ1) is 28.0. The normalized spacial score (nSPS) is 13.1. The molecule has 186 valence electrons. The smallest absolute Gasteiger partial charge is 0.244 e. The Kier molecular flexibility index (Phi) is 9.79. The van der Waals surface area contributed by atoms with Crippen molar-refractivity contribution in [2.45, 2.75) is 52.7 Å². The summed E-state index contributed by atoms with van der Waals surface area (Å²) in [6, 6.07) is 10.8. The molecule has 2 atom stereocenters. The van der Waals surface area contributed by atoms with Gasteiger partial charge in [0.25, 0.3) is 0 Å². The van der Waals surface area contributed by atoms with Crippen molar-refractivity contribution in [1.82, 2.24) is 10.2 Å². The maximum Gasteiger partial charge on any atom is 0.244 e. The summed E-state index contributed by atoms with van der Waals surface area (Å²) < 4.78 is 26.3. The van der Waals surface area contributed by atoms with E-state index in [0.717, 1.165) is 22.5 Å². The molecule has 0 aliphatic rings. The van der Waals surface area contributed by atoms with Gasteiger partial charge in [0, 0.05) is 22.6 Å². The van der Waals surface area contributed by atoms with E-state index in [1.807, 2.05) is 13.8 Å². The first-order valence-electron chi connectivity index (χ1n) is 10.9. The fourth-order valence-corrected chi connectivity index (χ4v) is 4.72. The monoisotopic (exact) mass is 527 g/mol. The Balaban J connectivity index is 2.42. The highest BCUT2D eigenvalue weighted by atomic mass is 35.5. The minimum atomic E-state index is -3.81. The second-order valence-electron chi connectivity index (χ2n) is 8.35. The third kappa shape index (κ3) is 7.61. The molecule has 0 spiro atoms. The molecule has 0 heterocycles. The molecule has 2 unspecified atom stereocenters. The highest BCUT2D eigenvalue weighted by Crippen LogP contribution is 2.26. The number of nitrogens with zero attached hydrogens (tertiary/aromatic N) is 2. The van der Waals surface area contributed by atoms with E-state index in [-0.39, 0.29) is 18.5 Å². The molecule has 0 aliphatic carbocycles. The zero-order valence-corrected chi connectivity index (χ0v) is 22.3. The second kappa shape index (κ2) is 11.9. The largest absolute Gasteiger partial charge is 0.352 e. The Morgan fingerprint density at radius 1 is 1.06 bits per heavy atom. The number of anilines is 1. The number of nitrogens with one attached hydrogen (secondary N) is 1. The molecule has 7 nitrogen and oxygen atoms in total. The van der Waals surface area contributed by atoms with Crippen LogP contribution in [-0.4, -0.2) is 50.0 Å². The van der Waals surface area contributed by atoms with Crippen molar-refractivity contribution in [1.29, 1.82) is 0 Å². The van der Waals surface area contributed by atoms with E-state index >= 15 is 0 Å². The van der Waals surface area contributed by atoms with Gasteiger partial charge in [-0.1, -0.05) is 42.3 Å². The molecule has 2 amide bonds. The molecule has 0 bridgehead atoms. The molecule has 0 radical (unpaired) electrons. The van der Waals surface area contributed by atoms with E-state index in [2.05, 4.69) is 5.32 Å². The van der Waals surface area contributed by atoms with Crippen LogP contribution in [0.1, 0.15) is 38.3 Å². The summed E-state index contributed by atoms with van der Waals surface area (Å²) in [4.78, 5) is 27.8. The van der Waals surface area contributed by atoms with Crippen molar-refractivity contribution in [3.05, 3.63) is 63.6 Å². The molecule has 0 saturated carbocycles. The SMILES string of the molecule is CCC(C)NC(=O)C(C)N(Cc1cccc(Cl)c1)C(=O)CN(c1ccc(Cl)cc1C)S(C)(=O)=O. The van der Waals surface area contributed by atoms with Crippen LogP contribution in [0.2, 0.25) is 10.0 Å². The number of halogens is 2. The van der Waals surface area contributed by atoms with Gasteiger partial charge in [0.05, 0.1) is 11.9 Å². The number of hydrogen-bond donors (Lipinski definition) is 1. The number of amides is 2. The lowest BCUT2D eigenvalue weighted by atomic mass is 10.1. The summed E-state index contributed by atoms with van der Waals surface area (Å²) in [5.41, 5.74) is 1.67. The average molecular weight is 529 g/mol. The molecule has 0 fully saturated rings. The molecular weight excluding hydrogens is 497 g/mol. The van der Waals surface area contributed by atoms with Crippen molar-refractivity contribution < 1.29 is 18.0 Å². The predicted molar refractivity (Wildman–Crippen MR) is 138 cm³/mol. The molecule has 2 aromatic carbocycles. The minimum absolute atomic E-state index is 0.0673. The van der Waals surface area contributed by atoms with Gasteiger partial charge in [-0.05, 0) is 68.7 Å². The molecule has 34 heavy (non-hydrogen) atoms. The molecule has 0 saturated heterocycles. The van der Waals surface area contributed by atoms with E-state index in [4.69, 9.17) is 23.2 Å². The Labute approximate surface area is 212 Å². The zero-order chi connectivity index (χ0) is 25.6. The van der Waals surface area contributed by atoms with Gasteiger partial charge < -0.3 is 10.2 Å². The van der Waals surface area contributed by atoms with Crippen LogP contribution in [0.5, 0.6) is 0 Å². The topological polar surface area (TPSA) is 86.8 Å². The van der Waals surface area contributed by atoms with Crippen LogP contribution in [0.15, 0.2) is 42.5 Å². The summed E-state index contributed by atoms with van der Waals surface area (Å²) in [7, 11) is -3.81. The second-order valence-corrected chi connectivity index (χ2v) is 11.1. The number of aryl methyl sites for hydroxylation is 1. The fourth-order valence-electron chi connectivity index (χ4n) is 3.37. The van der Waals surface area contributed by atoms with Gasteiger partial charge in [-0.15, -0.1) is 0 Å². The van der Waals surface area contributed by atoms with E-state index in [1.165, 1.54) is 4.90 Å². The van der Waals surface area contributed by atoms with Crippen molar-refractivity contribution >= 4 is 50.7 Å². The lowest BCUT2D eigenvalue weighted by Gasteiger charge is -2.32. The number of sulfonamides is 1. The first-order chi connectivity index (χ1) is 15.8. The van der Waals surface area contributed by atoms with Crippen molar-refractivity contribution in [2.24, 2.45) is 0 Å². The third-order valence-electron chi connectivity index (χ3n) is 5.52. The van der Waals surface area contributed by atoms with Gasteiger partial charge in [0.1, 0.15) is 12.6 Å². The Bertz CT molecular complexity index is 1140. The highest BCUT2D eigenvalue weighted by molar-refractivity contribution is 7.92. The van der Waals surface area contributed by atoms with Crippen LogP contribution in [-0.2, 0) is 26.2 Å². The van der Waals surface area contributed by atoms with Gasteiger partial charge in [0.2, 0.25) is 21.8 Å². The first-order valence-corrected chi connectivity index (χ1v) is 13.5. The number of rotatable bonds is 10. The van der Waals surface area contributed by atoms with Crippen molar-refractivity contribution in [3.8, 4) is 0 Å². The Morgan fingerprint density at radius 3 is 2.26 bits per heavy atom. The van der Waals surface area contributed by atoms with E-state index < -0.39 is 28.5 Å². The highest BCUT2D eigenvalue weighted by Gasteiger charge is 2.31. The lowest BCUT2D eigenvalue weighted by molar-refractivity contribution is -0.139. The molecule has 0 aliphatic heterocycles. The van der Waals surface area contributed by atoms with E-state index in [1.54, 1.807) is 56.3 Å². The standard InChI is InChI=1S/C24H31Cl2N3O4S/c1-6-17(3)27-24(31)18(4)28(14-19-8-7-9-20(25)13-19)23(30)15-29(34(5,32)33)22-11-10-21(26)12-16(22)2/h7-13,17-18H,6,14-15H2,1-5H3,(H,27,31). The summed E-state index contributed by atoms with van der Waals surface area (Å²) in [6.45, 7) is 6.79. The Hall–Kier alpha value is -2.29. The maximum absolute atomic E-state index is 13.5. The van der Waals surface area contributed by atoms with Crippen LogP contribution in [0, 0.1) is 6.92 Å². The van der Waals surface area contributed by atoms with Crippen LogP contribution >= 0.6 is 23.2 Å². The lowest BCUT2D eigenvalue weighted by Crippen LogP contribution is -2.52. The fraction of sp³-hybridized carbons (Fsp3) is 0.417. The predicted octanol–water partition coefficient (Wildman–Crippen LogP) is 4.40. The van der Waals surface area contributed by atoms with Crippen LogP contribution in [0.25, 0.3) is 0 Å². The summed E-state index contributed by atoms with van der Waals surface area (Å²) >= 11 is 12.1. The van der Waals surface area contributed by atoms with Crippen LogP contribution in [0.4, 0.5) is 5.69 Å². The maximum atomic E-state index is 13.5. The van der Waals surface area contributed by atoms with Crippen molar-refractivity contribution in [2.75, 3.05) is 17.1 Å². The van der Waals surface area contributed by atoms with Crippen LogP contribution in [0.3, 0.4) is 0 Å². The van der Waals surface area contributed by atoms with Gasteiger partial charge in [-0.25, -0.2) is 8.42 Å². The molecule has 10 heteroatoms. The summed E-state index contributed by atoms with van der Waals surface area (Å²) in [5, 5.41) is 3.84. The Morgan fingerprint density at radius 2 is 1.71 bits per heavy atom. The number of carbonyl (C=O) groups is 2. The number of hydrogen-bond acceptors (Lipinski definition) is 4. The van der Waals surface area contributed by atoms with Crippen molar-refractivity contribution in [3.63, 3.8) is 0 Å². The molecule has 2 aromatic rings. The van der Waals surface area contributed by atoms with Gasteiger partial charge >= 0.3 is 0 Å². The third-order valence-corrected chi connectivity index (χ3v) is 7.11. The number of carbonyl (C=O) groups excluding carboxylic acids is 2. The van der Waals surface area contributed by atoms with Crippen LogP contribution < -0.4 is 9.62 Å². The molecule has 2 rings (SSSR count). The van der Waals surface area contributed by atoms with Gasteiger partial charge in [-0.3, -0.25) is 13.9 Å². The van der Waals surface area contributed by atoms with Gasteiger partial charge in [0.15, 0.2) is 0 Å². The minimum Gasteiger partial charge on any atom is -0.352 e. The van der Waals surface area contributed by atoms with Gasteiger partial charge in [-0.2, -0.15) is 0 Å². The number of benzene rings is 2. The van der Waals surface area contributed by atoms with E-state index in [9.17, 15) is 18.0 Å². The van der Waals surface area contributed by atoms with E-state index in [0.29, 0.717) is 21.3 Å². The molecule has 1 N–H and O–H groups in total. The summed E-state index contributed by atoms with van der Waals surface area (Å²) in [6.07, 6.45) is 1.77.